The number of aliphatic hydroxyl groups is 4. The lowest BCUT2D eigenvalue weighted by Gasteiger charge is -2.60. The average molecular weight is 348 g/mol. The van der Waals surface area contributed by atoms with Crippen LogP contribution in [0.2, 0.25) is 0 Å². The first kappa shape index (κ1) is 17.8. The minimum absolute atomic E-state index is 0.702. The molecule has 2 heterocycles. The molecule has 8 atom stereocenters. The van der Waals surface area contributed by atoms with Crippen molar-refractivity contribution in [2.75, 3.05) is 27.4 Å². The van der Waals surface area contributed by atoms with Crippen molar-refractivity contribution in [3.8, 4) is 0 Å². The molecule has 4 N–H and O–H groups in total. The van der Waals surface area contributed by atoms with E-state index in [-0.39, 0.29) is 0 Å². The number of fused-ring (bicyclic) bond motifs is 6. The molecule has 136 valence electrons. The first-order valence-electron chi connectivity index (χ1n) is 7.43. The molecule has 1 aliphatic carbocycles. The third-order valence-electron chi connectivity index (χ3n) is 5.15. The summed E-state index contributed by atoms with van der Waals surface area (Å²) in [5.74, 6) is -5.05. The number of hydrogen-bond donors (Lipinski definition) is 4. The van der Waals surface area contributed by atoms with Crippen LogP contribution in [-0.2, 0) is 28.5 Å². The molecule has 10 nitrogen and oxygen atoms in total. The molecule has 0 amide bonds. The van der Waals surface area contributed by atoms with Gasteiger partial charge < -0.3 is 39.4 Å². The minimum atomic E-state index is -2.46. The summed E-state index contributed by atoms with van der Waals surface area (Å²) >= 11 is 0. The van der Waals surface area contributed by atoms with Gasteiger partial charge in [0.15, 0.2) is 35.3 Å². The van der Waals surface area contributed by atoms with Crippen molar-refractivity contribution in [3.05, 3.63) is 0 Å². The van der Waals surface area contributed by atoms with E-state index >= 15 is 0 Å². The van der Waals surface area contributed by atoms with E-state index in [0.717, 1.165) is 14.2 Å². The van der Waals surface area contributed by atoms with E-state index in [4.69, 9.17) is 18.9 Å². The molecule has 3 rings (SSSR count). The third kappa shape index (κ3) is 1.88. The SMILES string of the molecule is COC1OC(CO)C2C(=O)C1(O)C1C(=O)C2(O)C(OC)OC1CO. The predicted molar refractivity (Wildman–Crippen MR) is 72.4 cm³/mol. The molecule has 0 spiro atoms. The number of ether oxygens (including phenoxy) is 4. The number of carbonyl (C=O) groups is 2. The molecule has 0 aromatic heterocycles. The highest BCUT2D eigenvalue weighted by Gasteiger charge is 2.78. The van der Waals surface area contributed by atoms with E-state index in [1.807, 2.05) is 0 Å². The Labute approximate surface area is 136 Å². The molecule has 24 heavy (non-hydrogen) atoms. The molecular formula is C14H20O10. The molecule has 10 heteroatoms. The van der Waals surface area contributed by atoms with Crippen molar-refractivity contribution in [2.24, 2.45) is 11.8 Å². The molecular weight excluding hydrogens is 328 g/mol. The molecule has 3 fully saturated rings. The van der Waals surface area contributed by atoms with Crippen molar-refractivity contribution in [1.82, 2.24) is 0 Å². The van der Waals surface area contributed by atoms with E-state index in [2.05, 4.69) is 0 Å². The number of aliphatic hydroxyl groups excluding tert-OH is 2. The summed E-state index contributed by atoms with van der Waals surface area (Å²) in [5, 5.41) is 40.9. The maximum Gasteiger partial charge on any atom is 0.194 e. The van der Waals surface area contributed by atoms with Crippen molar-refractivity contribution >= 4 is 11.6 Å². The van der Waals surface area contributed by atoms with Crippen LogP contribution in [0.15, 0.2) is 0 Å². The Balaban J connectivity index is 2.21. The fraction of sp³-hybridized carbons (Fsp3) is 0.857. The van der Waals surface area contributed by atoms with Crippen molar-refractivity contribution in [2.45, 2.75) is 36.0 Å². The van der Waals surface area contributed by atoms with Crippen molar-refractivity contribution < 1.29 is 49.0 Å². The number of methoxy groups -OCH3 is 2. The second kappa shape index (κ2) is 5.78. The Morgan fingerprint density at radius 2 is 1.21 bits per heavy atom. The molecule has 0 aromatic carbocycles. The zero-order valence-corrected chi connectivity index (χ0v) is 13.1. The molecule has 4 bridgehead atoms. The Morgan fingerprint density at radius 3 is 1.46 bits per heavy atom. The van der Waals surface area contributed by atoms with E-state index in [9.17, 15) is 30.0 Å². The fourth-order valence-electron chi connectivity index (χ4n) is 4.08. The molecule has 0 radical (unpaired) electrons. The number of Topliss-reactive ketones (excluding diaryl/α,β-unsaturated/α-hetero) is 2. The molecule has 2 saturated heterocycles. The summed E-state index contributed by atoms with van der Waals surface area (Å²) in [4.78, 5) is 25.9. The lowest BCUT2D eigenvalue weighted by molar-refractivity contribution is -0.360. The summed E-state index contributed by atoms with van der Waals surface area (Å²) in [7, 11) is 2.32. The smallest absolute Gasteiger partial charge is 0.194 e. The quantitative estimate of drug-likeness (QED) is 0.404. The second-order valence-electron chi connectivity index (χ2n) is 6.18. The summed E-state index contributed by atoms with van der Waals surface area (Å²) < 4.78 is 20.8. The highest BCUT2D eigenvalue weighted by Crippen LogP contribution is 2.53. The third-order valence-corrected chi connectivity index (χ3v) is 5.15. The minimum Gasteiger partial charge on any atom is -0.394 e. The zero-order chi connectivity index (χ0) is 17.9. The lowest BCUT2D eigenvalue weighted by atomic mass is 9.55. The number of carbonyl (C=O) groups excluding carboxylic acids is 2. The summed E-state index contributed by atoms with van der Waals surface area (Å²) in [6, 6.07) is 0. The van der Waals surface area contributed by atoms with Gasteiger partial charge in [0.05, 0.1) is 37.3 Å². The summed E-state index contributed by atoms with van der Waals surface area (Å²) in [5.41, 5.74) is -4.92. The van der Waals surface area contributed by atoms with Gasteiger partial charge in [-0.05, 0) is 0 Å². The molecule has 3 aliphatic rings. The van der Waals surface area contributed by atoms with Crippen molar-refractivity contribution in [1.29, 1.82) is 0 Å². The van der Waals surface area contributed by atoms with Crippen LogP contribution < -0.4 is 0 Å². The molecule has 8 unspecified atom stereocenters. The van der Waals surface area contributed by atoms with E-state index in [1.165, 1.54) is 0 Å². The monoisotopic (exact) mass is 348 g/mol. The number of rotatable bonds is 4. The lowest BCUT2D eigenvalue weighted by Crippen LogP contribution is -2.84. The van der Waals surface area contributed by atoms with Gasteiger partial charge in [-0.2, -0.15) is 0 Å². The Bertz CT molecular complexity index is 504. The number of ketones is 2. The van der Waals surface area contributed by atoms with Crippen LogP contribution in [0.4, 0.5) is 0 Å². The fourth-order valence-corrected chi connectivity index (χ4v) is 4.08. The maximum absolute atomic E-state index is 12.9. The standard InChI is InChI=1S/C14H20O10/c1-21-11-13(19)7-6(4-16)24-12(22-2)14(20,10(7)18)8(9(13)17)5(3-15)23-11/h5-8,11-12,15-16,19-20H,3-4H2,1-2H3. The highest BCUT2D eigenvalue weighted by molar-refractivity contribution is 6.09. The van der Waals surface area contributed by atoms with Crippen LogP contribution in [-0.4, -0.2) is 95.4 Å². The zero-order valence-electron chi connectivity index (χ0n) is 13.1. The molecule has 2 aliphatic heterocycles. The Hall–Kier alpha value is -0.980. The van der Waals surface area contributed by atoms with Gasteiger partial charge in [-0.3, -0.25) is 9.59 Å². The van der Waals surface area contributed by atoms with Gasteiger partial charge in [-0.25, -0.2) is 0 Å². The van der Waals surface area contributed by atoms with Gasteiger partial charge >= 0.3 is 0 Å². The van der Waals surface area contributed by atoms with E-state index < -0.39 is 72.6 Å². The first-order valence-corrected chi connectivity index (χ1v) is 7.43. The maximum atomic E-state index is 12.9. The van der Waals surface area contributed by atoms with Gasteiger partial charge in [0.2, 0.25) is 0 Å². The molecule has 0 aromatic rings. The van der Waals surface area contributed by atoms with Crippen LogP contribution in [0.3, 0.4) is 0 Å². The topological polar surface area (TPSA) is 152 Å². The van der Waals surface area contributed by atoms with Crippen molar-refractivity contribution in [3.63, 3.8) is 0 Å². The van der Waals surface area contributed by atoms with Gasteiger partial charge in [-0.1, -0.05) is 0 Å². The van der Waals surface area contributed by atoms with Crippen LogP contribution in [0.1, 0.15) is 0 Å². The first-order chi connectivity index (χ1) is 11.3. The number of hydrogen-bond acceptors (Lipinski definition) is 10. The van der Waals surface area contributed by atoms with E-state index in [0.29, 0.717) is 0 Å². The van der Waals surface area contributed by atoms with Crippen LogP contribution in [0.25, 0.3) is 0 Å². The highest BCUT2D eigenvalue weighted by atomic mass is 16.7. The summed E-state index contributed by atoms with van der Waals surface area (Å²) in [6.07, 6.45) is -5.73. The van der Waals surface area contributed by atoms with Gasteiger partial charge in [0.1, 0.15) is 0 Å². The summed E-state index contributed by atoms with van der Waals surface area (Å²) in [6.45, 7) is -1.40. The second-order valence-corrected chi connectivity index (χ2v) is 6.18. The van der Waals surface area contributed by atoms with Crippen LogP contribution in [0.5, 0.6) is 0 Å². The van der Waals surface area contributed by atoms with E-state index in [1.54, 1.807) is 0 Å². The van der Waals surface area contributed by atoms with Crippen LogP contribution in [0, 0.1) is 11.8 Å². The van der Waals surface area contributed by atoms with Gasteiger partial charge in [-0.15, -0.1) is 0 Å². The van der Waals surface area contributed by atoms with Gasteiger partial charge in [0, 0.05) is 14.2 Å². The Morgan fingerprint density at radius 1 is 0.875 bits per heavy atom. The normalized spacial score (nSPS) is 50.9. The van der Waals surface area contributed by atoms with Gasteiger partial charge in [0.25, 0.3) is 0 Å². The average Bonchev–Trinajstić information content (AvgIpc) is 2.57. The Kier molecular flexibility index (Phi) is 4.30. The largest absolute Gasteiger partial charge is 0.394 e. The molecule has 1 saturated carbocycles. The van der Waals surface area contributed by atoms with Crippen LogP contribution >= 0.6 is 0 Å². The predicted octanol–water partition coefficient (Wildman–Crippen LogP) is -3.44.